The summed E-state index contributed by atoms with van der Waals surface area (Å²) in [5, 5.41) is 0. The average Bonchev–Trinajstić information content (AvgIpc) is 3.50. The molecule has 1 aliphatic carbocycles. The number of halogens is 1. The van der Waals surface area contributed by atoms with Crippen LogP contribution in [0.15, 0.2) is 28.7 Å². The van der Waals surface area contributed by atoms with Crippen molar-refractivity contribution in [1.29, 1.82) is 0 Å². The van der Waals surface area contributed by atoms with E-state index in [2.05, 4.69) is 33.0 Å². The van der Waals surface area contributed by atoms with E-state index in [0.29, 0.717) is 51.9 Å². The highest BCUT2D eigenvalue weighted by Crippen LogP contribution is 2.48. The SMILES string of the molecule is O=C(CN1CCOCC1)N1CCN(C(=O)C2CC2c2ccc(Br)cc2)CC1. The highest BCUT2D eigenvalue weighted by molar-refractivity contribution is 9.10. The molecule has 6 nitrogen and oxygen atoms in total. The van der Waals surface area contributed by atoms with Crippen LogP contribution in [0.25, 0.3) is 0 Å². The molecule has 2 saturated heterocycles. The second-order valence-electron chi connectivity index (χ2n) is 7.59. The monoisotopic (exact) mass is 435 g/mol. The van der Waals surface area contributed by atoms with Gasteiger partial charge >= 0.3 is 0 Å². The van der Waals surface area contributed by atoms with E-state index in [-0.39, 0.29) is 17.7 Å². The lowest BCUT2D eigenvalue weighted by Crippen LogP contribution is -2.53. The number of ether oxygens (including phenoxy) is 1. The number of amides is 2. The van der Waals surface area contributed by atoms with Crippen molar-refractivity contribution in [1.82, 2.24) is 14.7 Å². The highest BCUT2D eigenvalue weighted by atomic mass is 79.9. The third-order valence-electron chi connectivity index (χ3n) is 5.81. The molecule has 1 aromatic rings. The number of hydrogen-bond acceptors (Lipinski definition) is 4. The lowest BCUT2D eigenvalue weighted by atomic mass is 10.1. The van der Waals surface area contributed by atoms with Gasteiger partial charge in [0.25, 0.3) is 0 Å². The van der Waals surface area contributed by atoms with Gasteiger partial charge in [-0.25, -0.2) is 0 Å². The molecule has 2 amide bonds. The van der Waals surface area contributed by atoms with Crippen LogP contribution < -0.4 is 0 Å². The minimum absolute atomic E-state index is 0.113. The van der Waals surface area contributed by atoms with E-state index >= 15 is 0 Å². The van der Waals surface area contributed by atoms with Gasteiger partial charge < -0.3 is 14.5 Å². The third kappa shape index (κ3) is 4.52. The zero-order valence-electron chi connectivity index (χ0n) is 15.5. The van der Waals surface area contributed by atoms with Gasteiger partial charge in [0.2, 0.25) is 11.8 Å². The van der Waals surface area contributed by atoms with Gasteiger partial charge in [0.15, 0.2) is 0 Å². The summed E-state index contributed by atoms with van der Waals surface area (Å²) in [6, 6.07) is 8.27. The van der Waals surface area contributed by atoms with Crippen molar-refractivity contribution < 1.29 is 14.3 Å². The molecule has 4 rings (SSSR count). The maximum Gasteiger partial charge on any atom is 0.236 e. The first-order valence-electron chi connectivity index (χ1n) is 9.74. The zero-order valence-corrected chi connectivity index (χ0v) is 17.1. The molecule has 0 aromatic heterocycles. The summed E-state index contributed by atoms with van der Waals surface area (Å²) in [7, 11) is 0. The summed E-state index contributed by atoms with van der Waals surface area (Å²) in [5.41, 5.74) is 1.25. The number of piperazine rings is 1. The quantitative estimate of drug-likeness (QED) is 0.719. The van der Waals surface area contributed by atoms with E-state index in [4.69, 9.17) is 4.74 Å². The summed E-state index contributed by atoms with van der Waals surface area (Å²) < 4.78 is 6.39. The average molecular weight is 436 g/mol. The fraction of sp³-hybridized carbons (Fsp3) is 0.600. The van der Waals surface area contributed by atoms with E-state index in [1.165, 1.54) is 5.56 Å². The van der Waals surface area contributed by atoms with Gasteiger partial charge in [-0.2, -0.15) is 0 Å². The molecule has 0 bridgehead atoms. The molecule has 2 unspecified atom stereocenters. The fourth-order valence-corrected chi connectivity index (χ4v) is 4.27. The number of benzene rings is 1. The van der Waals surface area contributed by atoms with Crippen LogP contribution >= 0.6 is 15.9 Å². The van der Waals surface area contributed by atoms with Crippen molar-refractivity contribution in [2.24, 2.45) is 5.92 Å². The van der Waals surface area contributed by atoms with E-state index < -0.39 is 0 Å². The minimum Gasteiger partial charge on any atom is -0.379 e. The zero-order chi connectivity index (χ0) is 18.8. The summed E-state index contributed by atoms with van der Waals surface area (Å²) in [6.45, 7) is 6.11. The van der Waals surface area contributed by atoms with Crippen molar-refractivity contribution in [3.63, 3.8) is 0 Å². The van der Waals surface area contributed by atoms with Crippen molar-refractivity contribution >= 4 is 27.7 Å². The van der Waals surface area contributed by atoms with Crippen molar-refractivity contribution in [3.05, 3.63) is 34.3 Å². The molecule has 0 radical (unpaired) electrons. The van der Waals surface area contributed by atoms with Gasteiger partial charge in [0.1, 0.15) is 0 Å². The fourth-order valence-electron chi connectivity index (χ4n) is 4.01. The Morgan fingerprint density at radius 2 is 1.59 bits per heavy atom. The van der Waals surface area contributed by atoms with Crippen molar-refractivity contribution in [3.8, 4) is 0 Å². The summed E-state index contributed by atoms with van der Waals surface area (Å²) in [5.74, 6) is 0.889. The van der Waals surface area contributed by atoms with E-state index in [0.717, 1.165) is 24.0 Å². The van der Waals surface area contributed by atoms with E-state index in [9.17, 15) is 9.59 Å². The first-order valence-corrected chi connectivity index (χ1v) is 10.5. The molecule has 2 atom stereocenters. The Balaban J connectivity index is 1.24. The number of carbonyl (C=O) groups excluding carboxylic acids is 2. The number of carbonyl (C=O) groups is 2. The molecule has 0 N–H and O–H groups in total. The maximum atomic E-state index is 12.8. The smallest absolute Gasteiger partial charge is 0.236 e. The summed E-state index contributed by atoms with van der Waals surface area (Å²) in [6.07, 6.45) is 0.941. The normalized spacial score (nSPS) is 26.1. The van der Waals surface area contributed by atoms with E-state index in [1.807, 2.05) is 21.9 Å². The Hall–Kier alpha value is -1.44. The van der Waals surface area contributed by atoms with Crippen LogP contribution in [0, 0.1) is 5.92 Å². The first-order chi connectivity index (χ1) is 13.1. The molecular formula is C20H26BrN3O3. The summed E-state index contributed by atoms with van der Waals surface area (Å²) >= 11 is 3.45. The largest absolute Gasteiger partial charge is 0.379 e. The van der Waals surface area contributed by atoms with Crippen LogP contribution in [-0.4, -0.2) is 85.5 Å². The Kier molecular flexibility index (Phi) is 5.80. The Labute approximate surface area is 168 Å². The molecule has 1 aromatic carbocycles. The predicted octanol–water partition coefficient (Wildman–Crippen LogP) is 1.56. The van der Waals surface area contributed by atoms with Gasteiger partial charge in [-0.3, -0.25) is 14.5 Å². The third-order valence-corrected chi connectivity index (χ3v) is 6.34. The standard InChI is InChI=1S/C20H26BrN3O3/c21-16-3-1-15(2-4-16)17-13-18(17)20(26)24-7-5-23(6-8-24)19(25)14-22-9-11-27-12-10-22/h1-4,17-18H,5-14H2. The Morgan fingerprint density at radius 1 is 0.963 bits per heavy atom. The predicted molar refractivity (Wildman–Crippen MR) is 105 cm³/mol. The van der Waals surface area contributed by atoms with Crippen LogP contribution in [0.4, 0.5) is 0 Å². The molecule has 7 heteroatoms. The second kappa shape index (κ2) is 8.29. The number of hydrogen-bond donors (Lipinski definition) is 0. The number of rotatable bonds is 4. The van der Waals surface area contributed by atoms with Crippen LogP contribution in [0.3, 0.4) is 0 Å². The van der Waals surface area contributed by atoms with Crippen molar-refractivity contribution in [2.45, 2.75) is 12.3 Å². The number of nitrogens with zero attached hydrogens (tertiary/aromatic N) is 3. The van der Waals surface area contributed by atoms with Gasteiger partial charge in [0.05, 0.1) is 19.8 Å². The van der Waals surface area contributed by atoms with Gasteiger partial charge in [-0.15, -0.1) is 0 Å². The number of morpholine rings is 1. The topological polar surface area (TPSA) is 53.1 Å². The molecule has 3 aliphatic rings. The molecule has 0 spiro atoms. The molecule has 27 heavy (non-hydrogen) atoms. The lowest BCUT2D eigenvalue weighted by Gasteiger charge is -2.36. The second-order valence-corrected chi connectivity index (χ2v) is 8.51. The first kappa shape index (κ1) is 18.9. The molecule has 3 fully saturated rings. The van der Waals surface area contributed by atoms with Gasteiger partial charge in [0, 0.05) is 49.7 Å². The van der Waals surface area contributed by atoms with Crippen LogP contribution in [0.2, 0.25) is 0 Å². The highest BCUT2D eigenvalue weighted by Gasteiger charge is 2.46. The molecule has 2 heterocycles. The van der Waals surface area contributed by atoms with Gasteiger partial charge in [-0.1, -0.05) is 28.1 Å². The van der Waals surface area contributed by atoms with E-state index in [1.54, 1.807) is 0 Å². The molecule has 1 saturated carbocycles. The minimum atomic E-state index is 0.113. The summed E-state index contributed by atoms with van der Waals surface area (Å²) in [4.78, 5) is 31.3. The van der Waals surface area contributed by atoms with Crippen LogP contribution in [0.5, 0.6) is 0 Å². The molecule has 2 aliphatic heterocycles. The van der Waals surface area contributed by atoms with Gasteiger partial charge in [-0.05, 0) is 30.0 Å². The maximum absolute atomic E-state index is 12.8. The van der Waals surface area contributed by atoms with Crippen LogP contribution in [-0.2, 0) is 14.3 Å². The Morgan fingerprint density at radius 3 is 2.26 bits per heavy atom. The molecule has 146 valence electrons. The molecular weight excluding hydrogens is 410 g/mol. The van der Waals surface area contributed by atoms with Crippen molar-refractivity contribution in [2.75, 3.05) is 59.0 Å². The lowest BCUT2D eigenvalue weighted by molar-refractivity contribution is -0.141. The Bertz CT molecular complexity index is 682. The van der Waals surface area contributed by atoms with Crippen LogP contribution in [0.1, 0.15) is 17.9 Å².